The van der Waals surface area contributed by atoms with Gasteiger partial charge in [0.2, 0.25) is 5.91 Å². The van der Waals surface area contributed by atoms with E-state index in [0.29, 0.717) is 32.7 Å². The lowest BCUT2D eigenvalue weighted by molar-refractivity contribution is -0.131. The Labute approximate surface area is 147 Å². The van der Waals surface area contributed by atoms with Crippen LogP contribution in [0.5, 0.6) is 0 Å². The zero-order valence-electron chi connectivity index (χ0n) is 14.5. The number of carbonyl (C=O) groups is 2. The largest absolute Gasteiger partial charge is 0.379 e. The normalized spacial score (nSPS) is 13.7. The van der Waals surface area contributed by atoms with E-state index in [1.54, 1.807) is 11.3 Å². The molecule has 0 unspecified atom stereocenters. The average molecular weight is 353 g/mol. The minimum absolute atomic E-state index is 0.0949. The molecular weight excluding hydrogens is 326 g/mol. The molecule has 1 aromatic rings. The van der Waals surface area contributed by atoms with Crippen LogP contribution in [0, 0.1) is 0 Å². The van der Waals surface area contributed by atoms with Gasteiger partial charge in [0, 0.05) is 44.1 Å². The summed E-state index contributed by atoms with van der Waals surface area (Å²) in [6.07, 6.45) is 2.26. The van der Waals surface area contributed by atoms with Crippen LogP contribution in [0.4, 0.5) is 4.79 Å². The topological polar surface area (TPSA) is 70.7 Å². The van der Waals surface area contributed by atoms with Crippen LogP contribution in [0.25, 0.3) is 0 Å². The van der Waals surface area contributed by atoms with Crippen LogP contribution in [0.15, 0.2) is 11.4 Å². The highest BCUT2D eigenvalue weighted by atomic mass is 32.1. The summed E-state index contributed by atoms with van der Waals surface area (Å²) in [7, 11) is 0. The molecule has 134 valence electrons. The quantitative estimate of drug-likeness (QED) is 0.704. The maximum absolute atomic E-state index is 12.2. The Morgan fingerprint density at radius 2 is 2.12 bits per heavy atom. The van der Waals surface area contributed by atoms with Gasteiger partial charge in [-0.15, -0.1) is 11.3 Å². The van der Waals surface area contributed by atoms with Crippen LogP contribution in [-0.2, 0) is 22.5 Å². The first-order valence-electron chi connectivity index (χ1n) is 8.52. The van der Waals surface area contributed by atoms with Gasteiger partial charge < -0.3 is 20.3 Å². The van der Waals surface area contributed by atoms with Crippen LogP contribution in [0.3, 0.4) is 0 Å². The molecule has 2 rings (SSSR count). The van der Waals surface area contributed by atoms with E-state index < -0.39 is 0 Å². The van der Waals surface area contributed by atoms with Gasteiger partial charge in [0.15, 0.2) is 0 Å². The van der Waals surface area contributed by atoms with Gasteiger partial charge in [0.05, 0.1) is 6.10 Å². The van der Waals surface area contributed by atoms with E-state index in [9.17, 15) is 9.59 Å². The van der Waals surface area contributed by atoms with Crippen molar-refractivity contribution in [3.05, 3.63) is 21.9 Å². The van der Waals surface area contributed by atoms with E-state index in [-0.39, 0.29) is 18.0 Å². The van der Waals surface area contributed by atoms with Gasteiger partial charge in [0.25, 0.3) is 0 Å². The second-order valence-electron chi connectivity index (χ2n) is 6.14. The highest BCUT2D eigenvalue weighted by molar-refractivity contribution is 7.10. The highest BCUT2D eigenvalue weighted by Gasteiger charge is 2.21. The molecule has 7 heteroatoms. The fraction of sp³-hybridized carbons (Fsp3) is 0.647. The molecule has 0 aliphatic carbocycles. The molecule has 0 saturated heterocycles. The summed E-state index contributed by atoms with van der Waals surface area (Å²) in [5.74, 6) is 0.0949. The van der Waals surface area contributed by atoms with Gasteiger partial charge in [-0.1, -0.05) is 0 Å². The predicted octanol–water partition coefficient (Wildman–Crippen LogP) is 2.14. The van der Waals surface area contributed by atoms with E-state index in [4.69, 9.17) is 4.74 Å². The van der Waals surface area contributed by atoms with Gasteiger partial charge >= 0.3 is 6.03 Å². The van der Waals surface area contributed by atoms with Gasteiger partial charge in [-0.25, -0.2) is 4.79 Å². The molecule has 1 aromatic heterocycles. The van der Waals surface area contributed by atoms with Crippen LogP contribution < -0.4 is 10.6 Å². The van der Waals surface area contributed by atoms with Gasteiger partial charge in [-0.2, -0.15) is 0 Å². The molecule has 0 fully saturated rings. The molecule has 0 saturated carbocycles. The number of hydrogen-bond acceptors (Lipinski definition) is 4. The van der Waals surface area contributed by atoms with E-state index in [1.807, 2.05) is 18.7 Å². The van der Waals surface area contributed by atoms with E-state index in [0.717, 1.165) is 19.4 Å². The molecule has 1 aliphatic rings. The van der Waals surface area contributed by atoms with E-state index in [2.05, 4.69) is 22.1 Å². The summed E-state index contributed by atoms with van der Waals surface area (Å²) >= 11 is 1.76. The van der Waals surface area contributed by atoms with Crippen LogP contribution >= 0.6 is 11.3 Å². The molecule has 0 aromatic carbocycles. The smallest absolute Gasteiger partial charge is 0.314 e. The first-order valence-corrected chi connectivity index (χ1v) is 9.40. The predicted molar refractivity (Wildman–Crippen MR) is 95.2 cm³/mol. The van der Waals surface area contributed by atoms with Crippen LogP contribution in [-0.4, -0.2) is 49.2 Å². The van der Waals surface area contributed by atoms with Gasteiger partial charge in [0.1, 0.15) is 0 Å². The van der Waals surface area contributed by atoms with Crippen LogP contribution in [0.2, 0.25) is 0 Å². The fourth-order valence-corrected chi connectivity index (χ4v) is 3.45. The number of fused-ring (bicyclic) bond motifs is 1. The third-order valence-corrected chi connectivity index (χ3v) is 4.87. The first kappa shape index (κ1) is 18.7. The Morgan fingerprint density at radius 1 is 1.33 bits per heavy atom. The van der Waals surface area contributed by atoms with E-state index in [1.165, 1.54) is 10.4 Å². The van der Waals surface area contributed by atoms with Crippen molar-refractivity contribution >= 4 is 23.3 Å². The van der Waals surface area contributed by atoms with Crippen molar-refractivity contribution < 1.29 is 14.3 Å². The van der Waals surface area contributed by atoms with Crippen molar-refractivity contribution in [1.82, 2.24) is 15.5 Å². The number of thiophene rings is 1. The third-order valence-electron chi connectivity index (χ3n) is 3.84. The Balaban J connectivity index is 1.55. The molecule has 2 N–H and O–H groups in total. The van der Waals surface area contributed by atoms with Gasteiger partial charge in [-0.3, -0.25) is 4.79 Å². The number of nitrogens with zero attached hydrogens (tertiary/aromatic N) is 1. The number of rotatable bonds is 8. The summed E-state index contributed by atoms with van der Waals surface area (Å²) < 4.78 is 5.40. The lowest BCUT2D eigenvalue weighted by Gasteiger charge is -2.27. The highest BCUT2D eigenvalue weighted by Crippen LogP contribution is 2.24. The summed E-state index contributed by atoms with van der Waals surface area (Å²) in [5, 5.41) is 7.58. The number of ether oxygens (including phenoxy) is 1. The van der Waals surface area contributed by atoms with Crippen molar-refractivity contribution in [1.29, 1.82) is 0 Å². The second kappa shape index (κ2) is 9.64. The minimum atomic E-state index is -0.230. The summed E-state index contributed by atoms with van der Waals surface area (Å²) in [6, 6.07) is 1.86. The van der Waals surface area contributed by atoms with Crippen molar-refractivity contribution in [2.75, 3.05) is 26.2 Å². The van der Waals surface area contributed by atoms with Crippen molar-refractivity contribution in [2.24, 2.45) is 0 Å². The molecule has 2 heterocycles. The minimum Gasteiger partial charge on any atom is -0.379 e. The Bertz CT molecular complexity index is 545. The Morgan fingerprint density at radius 3 is 2.92 bits per heavy atom. The molecule has 24 heavy (non-hydrogen) atoms. The molecule has 0 bridgehead atoms. The van der Waals surface area contributed by atoms with Crippen molar-refractivity contribution in [2.45, 2.75) is 45.8 Å². The lowest BCUT2D eigenvalue weighted by Crippen LogP contribution is -2.40. The molecule has 0 atom stereocenters. The molecule has 6 nitrogen and oxygen atoms in total. The number of amides is 3. The van der Waals surface area contributed by atoms with Gasteiger partial charge in [-0.05, 0) is 43.7 Å². The average Bonchev–Trinajstić information content (AvgIpc) is 3.01. The van der Waals surface area contributed by atoms with Crippen molar-refractivity contribution in [3.8, 4) is 0 Å². The summed E-state index contributed by atoms with van der Waals surface area (Å²) in [4.78, 5) is 27.1. The molecule has 1 aliphatic heterocycles. The van der Waals surface area contributed by atoms with Crippen molar-refractivity contribution in [3.63, 3.8) is 0 Å². The summed E-state index contributed by atoms with van der Waals surface area (Å²) in [5.41, 5.74) is 1.26. The standard InChI is InChI=1S/C17H27N3O3S/c1-13(2)23-10-3-7-18-17(22)19-8-4-16(21)20-9-5-15-14(12-20)6-11-24-15/h6,11,13H,3-5,7-10,12H2,1-2H3,(H2,18,19,22). The van der Waals surface area contributed by atoms with Crippen LogP contribution in [0.1, 0.15) is 37.1 Å². The maximum atomic E-state index is 12.2. The third kappa shape index (κ3) is 6.13. The number of nitrogens with one attached hydrogen (secondary N) is 2. The zero-order valence-corrected chi connectivity index (χ0v) is 15.3. The maximum Gasteiger partial charge on any atom is 0.314 e. The zero-order chi connectivity index (χ0) is 17.4. The lowest BCUT2D eigenvalue weighted by atomic mass is 10.1. The molecule has 0 radical (unpaired) electrons. The number of urea groups is 1. The first-order chi connectivity index (χ1) is 11.6. The molecular formula is C17H27N3O3S. The monoisotopic (exact) mass is 353 g/mol. The van der Waals surface area contributed by atoms with E-state index >= 15 is 0 Å². The Kier molecular flexibility index (Phi) is 7.52. The molecule has 0 spiro atoms. The SMILES string of the molecule is CC(C)OCCCNC(=O)NCCC(=O)N1CCc2sccc2C1. The second-order valence-corrected chi connectivity index (χ2v) is 7.14. The molecule has 3 amide bonds. The fourth-order valence-electron chi connectivity index (χ4n) is 2.56. The number of hydrogen-bond donors (Lipinski definition) is 2. The summed E-state index contributed by atoms with van der Waals surface area (Å²) in [6.45, 7) is 7.00. The number of carbonyl (C=O) groups excluding carboxylic acids is 2. The Hall–Kier alpha value is -1.60.